The van der Waals surface area contributed by atoms with Crippen molar-refractivity contribution in [3.63, 3.8) is 0 Å². The predicted molar refractivity (Wildman–Crippen MR) is 81.2 cm³/mol. The topological polar surface area (TPSA) is 58.4 Å². The van der Waals surface area contributed by atoms with E-state index < -0.39 is 11.6 Å². The number of hydrogen-bond acceptors (Lipinski definition) is 3. The van der Waals surface area contributed by atoms with E-state index in [2.05, 4.69) is 5.32 Å². The number of carbonyl (C=O) groups is 1. The van der Waals surface area contributed by atoms with Gasteiger partial charge in [0.15, 0.2) is 0 Å². The van der Waals surface area contributed by atoms with Gasteiger partial charge in [0.05, 0.1) is 0 Å². The van der Waals surface area contributed by atoms with E-state index in [1.807, 2.05) is 0 Å². The molecule has 1 aliphatic heterocycles. The highest BCUT2D eigenvalue weighted by molar-refractivity contribution is 7.80. The lowest BCUT2D eigenvalue weighted by Gasteiger charge is -2.33. The minimum absolute atomic E-state index is 0.0283. The van der Waals surface area contributed by atoms with Crippen LogP contribution in [0.5, 0.6) is 0 Å². The van der Waals surface area contributed by atoms with Gasteiger partial charge in [-0.25, -0.2) is 8.78 Å². The third kappa shape index (κ3) is 3.29. The summed E-state index contributed by atoms with van der Waals surface area (Å²) < 4.78 is 28.2. The molecule has 0 aromatic heterocycles. The van der Waals surface area contributed by atoms with E-state index in [0.717, 1.165) is 12.1 Å². The molecule has 114 valence electrons. The van der Waals surface area contributed by atoms with Crippen LogP contribution in [0.25, 0.3) is 0 Å². The van der Waals surface area contributed by atoms with Crippen LogP contribution >= 0.6 is 12.2 Å². The fourth-order valence-electron chi connectivity index (χ4n) is 2.58. The largest absolute Gasteiger partial charge is 0.389 e. The average molecular weight is 313 g/mol. The summed E-state index contributed by atoms with van der Waals surface area (Å²) in [6.45, 7) is 0.858. The van der Waals surface area contributed by atoms with Gasteiger partial charge in [-0.1, -0.05) is 12.2 Å². The zero-order valence-electron chi connectivity index (χ0n) is 11.7. The molecule has 1 amide bonds. The van der Waals surface area contributed by atoms with Crippen LogP contribution in [-0.2, 0) is 4.79 Å². The second kappa shape index (κ2) is 6.34. The Kier molecular flexibility index (Phi) is 4.72. The fourth-order valence-corrected chi connectivity index (χ4v) is 2.70. The summed E-state index contributed by atoms with van der Waals surface area (Å²) >= 11 is 4.72. The van der Waals surface area contributed by atoms with Gasteiger partial charge < -0.3 is 16.0 Å². The molecule has 1 fully saturated rings. The Morgan fingerprint density at radius 3 is 2.29 bits per heavy atom. The predicted octanol–water partition coefficient (Wildman–Crippen LogP) is 1.56. The molecule has 1 aromatic carbocycles. The van der Waals surface area contributed by atoms with Gasteiger partial charge in [0, 0.05) is 31.6 Å². The van der Waals surface area contributed by atoms with Crippen LogP contribution in [0.2, 0.25) is 0 Å². The van der Waals surface area contributed by atoms with Gasteiger partial charge >= 0.3 is 0 Å². The Balaban J connectivity index is 2.17. The second-order valence-corrected chi connectivity index (χ2v) is 5.47. The first-order valence-corrected chi connectivity index (χ1v) is 7.10. The number of hydrogen-bond donors (Lipinski definition) is 2. The van der Waals surface area contributed by atoms with Gasteiger partial charge in [-0.05, 0) is 25.0 Å². The highest BCUT2D eigenvalue weighted by atomic mass is 32.1. The van der Waals surface area contributed by atoms with Gasteiger partial charge in [0.25, 0.3) is 0 Å². The number of thiocarbonyl (C=S) groups is 1. The molecule has 0 bridgehead atoms. The first-order chi connectivity index (χ1) is 9.93. The SMILES string of the molecule is CNC(=O)C1CCN(c2c(F)cc(C(N)=S)cc2F)CC1. The number of rotatable bonds is 3. The summed E-state index contributed by atoms with van der Waals surface area (Å²) in [5.74, 6) is -1.50. The monoisotopic (exact) mass is 313 g/mol. The second-order valence-electron chi connectivity index (χ2n) is 5.03. The number of anilines is 1. The van der Waals surface area contributed by atoms with Gasteiger partial charge in [0.1, 0.15) is 22.3 Å². The number of piperidine rings is 1. The maximum Gasteiger partial charge on any atom is 0.222 e. The van der Waals surface area contributed by atoms with Gasteiger partial charge in [-0.2, -0.15) is 0 Å². The molecule has 4 nitrogen and oxygen atoms in total. The van der Waals surface area contributed by atoms with E-state index in [0.29, 0.717) is 25.9 Å². The molecule has 0 aliphatic carbocycles. The van der Waals surface area contributed by atoms with Crippen LogP contribution in [0.3, 0.4) is 0 Å². The highest BCUT2D eigenvalue weighted by Crippen LogP contribution is 2.29. The molecule has 2 rings (SSSR count). The molecule has 21 heavy (non-hydrogen) atoms. The first-order valence-electron chi connectivity index (χ1n) is 6.69. The van der Waals surface area contributed by atoms with Crippen molar-refractivity contribution in [2.45, 2.75) is 12.8 Å². The number of nitrogens with two attached hydrogens (primary N) is 1. The molecule has 3 N–H and O–H groups in total. The molecule has 1 aromatic rings. The number of carbonyl (C=O) groups excluding carboxylic acids is 1. The molecule has 0 radical (unpaired) electrons. The van der Waals surface area contributed by atoms with Crippen molar-refractivity contribution >= 4 is 28.8 Å². The number of amides is 1. The molecule has 7 heteroatoms. The average Bonchev–Trinajstić information content (AvgIpc) is 2.46. The molecule has 1 aliphatic rings. The lowest BCUT2D eigenvalue weighted by molar-refractivity contribution is -0.125. The Bertz CT molecular complexity index is 548. The molecule has 0 atom stereocenters. The van der Waals surface area contributed by atoms with Crippen molar-refractivity contribution < 1.29 is 13.6 Å². The Labute approximate surface area is 127 Å². The van der Waals surface area contributed by atoms with Crippen molar-refractivity contribution in [3.8, 4) is 0 Å². The van der Waals surface area contributed by atoms with E-state index in [1.54, 1.807) is 11.9 Å². The Morgan fingerprint density at radius 1 is 1.33 bits per heavy atom. The highest BCUT2D eigenvalue weighted by Gasteiger charge is 2.27. The van der Waals surface area contributed by atoms with E-state index in [4.69, 9.17) is 18.0 Å². The third-order valence-electron chi connectivity index (χ3n) is 3.73. The molecular weight excluding hydrogens is 296 g/mol. The van der Waals surface area contributed by atoms with Crippen LogP contribution in [0.15, 0.2) is 12.1 Å². The summed E-state index contributed by atoms with van der Waals surface area (Å²) in [5.41, 5.74) is 5.48. The summed E-state index contributed by atoms with van der Waals surface area (Å²) in [7, 11) is 1.59. The molecule has 0 unspecified atom stereocenters. The molecular formula is C14H17F2N3OS. The van der Waals surface area contributed by atoms with Crippen molar-refractivity contribution in [2.24, 2.45) is 11.7 Å². The first kappa shape index (κ1) is 15.6. The smallest absolute Gasteiger partial charge is 0.222 e. The summed E-state index contributed by atoms with van der Waals surface area (Å²) in [4.78, 5) is 13.1. The number of nitrogens with zero attached hydrogens (tertiary/aromatic N) is 1. The quantitative estimate of drug-likeness (QED) is 0.832. The minimum Gasteiger partial charge on any atom is -0.389 e. The van der Waals surface area contributed by atoms with Crippen LogP contribution in [-0.4, -0.2) is 31.0 Å². The van der Waals surface area contributed by atoms with E-state index in [-0.39, 0.29) is 28.1 Å². The van der Waals surface area contributed by atoms with Crippen molar-refractivity contribution in [1.82, 2.24) is 5.32 Å². The van der Waals surface area contributed by atoms with Crippen molar-refractivity contribution in [3.05, 3.63) is 29.3 Å². The maximum atomic E-state index is 14.1. The molecule has 1 saturated heterocycles. The fraction of sp³-hybridized carbons (Fsp3) is 0.429. The van der Waals surface area contributed by atoms with Crippen LogP contribution < -0.4 is 16.0 Å². The minimum atomic E-state index is -0.684. The van der Waals surface area contributed by atoms with Gasteiger partial charge in [-0.15, -0.1) is 0 Å². The zero-order chi connectivity index (χ0) is 15.6. The standard InChI is InChI=1S/C14H17F2N3OS/c1-18-14(20)8-2-4-19(5-3-8)12-10(15)6-9(13(17)21)7-11(12)16/h6-8H,2-5H2,1H3,(H2,17,21)(H,18,20). The van der Waals surface area contributed by atoms with Gasteiger partial charge in [-0.3, -0.25) is 4.79 Å². The Morgan fingerprint density at radius 2 is 1.86 bits per heavy atom. The number of halogens is 2. The summed E-state index contributed by atoms with van der Waals surface area (Å²) in [6, 6.07) is 2.29. The third-order valence-corrected chi connectivity index (χ3v) is 3.97. The number of nitrogens with one attached hydrogen (secondary N) is 1. The van der Waals surface area contributed by atoms with Crippen molar-refractivity contribution in [1.29, 1.82) is 0 Å². The van der Waals surface area contributed by atoms with Crippen molar-refractivity contribution in [2.75, 3.05) is 25.0 Å². The Hall–Kier alpha value is -1.76. The lowest BCUT2D eigenvalue weighted by atomic mass is 9.95. The van der Waals surface area contributed by atoms with E-state index in [1.165, 1.54) is 0 Å². The number of benzene rings is 1. The van der Waals surface area contributed by atoms with Crippen LogP contribution in [0, 0.1) is 17.6 Å². The maximum absolute atomic E-state index is 14.1. The molecule has 0 saturated carbocycles. The summed E-state index contributed by atoms with van der Waals surface area (Å²) in [5, 5.41) is 2.60. The molecule has 0 spiro atoms. The molecule has 1 heterocycles. The van der Waals surface area contributed by atoms with Crippen LogP contribution in [0.1, 0.15) is 18.4 Å². The summed E-state index contributed by atoms with van der Waals surface area (Å²) in [6.07, 6.45) is 1.13. The van der Waals surface area contributed by atoms with Gasteiger partial charge in [0.2, 0.25) is 5.91 Å². The normalized spacial score (nSPS) is 15.9. The van der Waals surface area contributed by atoms with E-state index in [9.17, 15) is 13.6 Å². The zero-order valence-corrected chi connectivity index (χ0v) is 12.5. The lowest BCUT2D eigenvalue weighted by Crippen LogP contribution is -2.40. The van der Waals surface area contributed by atoms with E-state index >= 15 is 0 Å². The van der Waals surface area contributed by atoms with Crippen LogP contribution in [0.4, 0.5) is 14.5 Å².